The fourth-order valence-electron chi connectivity index (χ4n) is 0.650. The van der Waals surface area contributed by atoms with Crippen molar-refractivity contribution in [2.45, 2.75) is 13.3 Å². The van der Waals surface area contributed by atoms with Gasteiger partial charge in [-0.25, -0.2) is 0 Å². The zero-order chi connectivity index (χ0) is 10.3. The summed E-state index contributed by atoms with van der Waals surface area (Å²) in [6.45, 7) is 2.13. The van der Waals surface area contributed by atoms with E-state index in [0.29, 0.717) is 0 Å². The van der Waals surface area contributed by atoms with Crippen molar-refractivity contribution < 1.29 is 17.3 Å². The molecule has 0 aliphatic carbocycles. The molecule has 0 aliphatic rings. The summed E-state index contributed by atoms with van der Waals surface area (Å²) in [7, 11) is -6.00. The van der Waals surface area contributed by atoms with E-state index in [1.54, 1.807) is 0 Å². The Balaban J connectivity index is 0.000000252. The molecule has 13 heavy (non-hydrogen) atoms. The molecule has 0 unspecified atom stereocenters. The van der Waals surface area contributed by atoms with Gasteiger partial charge in [-0.05, 0) is 18.1 Å². The largest absolute Gasteiger partial charge is 0.673 e. The van der Waals surface area contributed by atoms with Crippen molar-refractivity contribution in [1.82, 2.24) is 0 Å². The molecule has 0 saturated heterocycles. The SMILES string of the molecule is CCc1[c]cccc1.F[B-](F)(F)F. The van der Waals surface area contributed by atoms with Crippen molar-refractivity contribution in [2.24, 2.45) is 0 Å². The molecule has 0 amide bonds. The van der Waals surface area contributed by atoms with Crippen LogP contribution in [0.5, 0.6) is 0 Å². The van der Waals surface area contributed by atoms with Gasteiger partial charge in [0.15, 0.2) is 0 Å². The molecule has 0 saturated carbocycles. The maximum Gasteiger partial charge on any atom is 0.673 e. The molecule has 0 nitrogen and oxygen atoms in total. The van der Waals surface area contributed by atoms with Crippen LogP contribution in [0.1, 0.15) is 12.5 Å². The van der Waals surface area contributed by atoms with Crippen LogP contribution < -0.4 is 0 Å². The minimum absolute atomic E-state index is 1.08. The fraction of sp³-hybridized carbons (Fsp3) is 0.250. The molecule has 0 bridgehead atoms. The number of rotatable bonds is 1. The lowest BCUT2D eigenvalue weighted by Crippen LogP contribution is -2.02. The molecule has 5 heteroatoms. The van der Waals surface area contributed by atoms with Crippen molar-refractivity contribution in [3.05, 3.63) is 35.9 Å². The highest BCUT2D eigenvalue weighted by Crippen LogP contribution is 2.06. The van der Waals surface area contributed by atoms with Gasteiger partial charge >= 0.3 is 7.25 Å². The lowest BCUT2D eigenvalue weighted by molar-refractivity contribution is 0.368. The number of hydrogen-bond acceptors (Lipinski definition) is 0. The summed E-state index contributed by atoms with van der Waals surface area (Å²) in [6.07, 6.45) is 1.08. The van der Waals surface area contributed by atoms with Crippen LogP contribution in [0.15, 0.2) is 24.3 Å². The molecular formula is C8H9BF4-. The smallest absolute Gasteiger partial charge is 0.418 e. The van der Waals surface area contributed by atoms with Crippen LogP contribution in [-0.4, -0.2) is 7.25 Å². The van der Waals surface area contributed by atoms with Crippen molar-refractivity contribution >= 4 is 7.25 Å². The Morgan fingerprint density at radius 2 is 1.77 bits per heavy atom. The Morgan fingerprint density at radius 3 is 2.00 bits per heavy atom. The summed E-state index contributed by atoms with van der Waals surface area (Å²) < 4.78 is 39.0. The Bertz CT molecular complexity index is 213. The first kappa shape index (κ1) is 12.0. The van der Waals surface area contributed by atoms with Crippen molar-refractivity contribution in [1.29, 1.82) is 0 Å². The van der Waals surface area contributed by atoms with Crippen molar-refractivity contribution in [3.8, 4) is 0 Å². The Hall–Kier alpha value is -0.995. The molecule has 0 heterocycles. The topological polar surface area (TPSA) is 0 Å². The van der Waals surface area contributed by atoms with Crippen LogP contribution in [-0.2, 0) is 6.42 Å². The molecule has 0 N–H and O–H groups in total. The normalized spacial score (nSPS) is 10.2. The molecule has 1 rings (SSSR count). The molecule has 0 aliphatic heterocycles. The molecule has 0 fully saturated rings. The minimum Gasteiger partial charge on any atom is -0.418 e. The zero-order valence-electron chi connectivity index (χ0n) is 7.11. The molecule has 1 aromatic carbocycles. The Kier molecular flexibility index (Phi) is 5.19. The minimum atomic E-state index is -6.00. The molecule has 1 radical (unpaired) electrons. The maximum absolute atomic E-state index is 9.75. The van der Waals surface area contributed by atoms with Gasteiger partial charge in [-0.2, -0.15) is 0 Å². The first-order chi connectivity index (χ1) is 5.93. The van der Waals surface area contributed by atoms with E-state index in [1.807, 2.05) is 18.2 Å². The summed E-state index contributed by atoms with van der Waals surface area (Å²) in [5.74, 6) is 0. The van der Waals surface area contributed by atoms with Gasteiger partial charge < -0.3 is 17.3 Å². The van der Waals surface area contributed by atoms with E-state index < -0.39 is 7.25 Å². The molecule has 73 valence electrons. The van der Waals surface area contributed by atoms with Gasteiger partial charge in [0.2, 0.25) is 0 Å². The van der Waals surface area contributed by atoms with E-state index in [1.165, 1.54) is 5.56 Å². The van der Waals surface area contributed by atoms with E-state index in [2.05, 4.69) is 19.1 Å². The molecule has 0 spiro atoms. The van der Waals surface area contributed by atoms with Crippen molar-refractivity contribution in [3.63, 3.8) is 0 Å². The standard InChI is InChI=1S/C8H9.BF4/c1-2-8-6-4-3-5-7-8;2-1(3,4)5/h3-6H,2H2,1H3;/q;-1. The van der Waals surface area contributed by atoms with Crippen molar-refractivity contribution in [2.75, 3.05) is 0 Å². The third kappa shape index (κ3) is 11.0. The van der Waals surface area contributed by atoms with Crippen LogP contribution in [0.2, 0.25) is 0 Å². The molecule has 0 aromatic heterocycles. The lowest BCUT2D eigenvalue weighted by Gasteiger charge is -1.94. The molecule has 1 aromatic rings. The molecular weight excluding hydrogens is 183 g/mol. The summed E-state index contributed by atoms with van der Waals surface area (Å²) in [6, 6.07) is 11.2. The van der Waals surface area contributed by atoms with Gasteiger partial charge in [0.25, 0.3) is 0 Å². The average Bonchev–Trinajstić information content (AvgIpc) is 2.03. The third-order valence-corrected chi connectivity index (χ3v) is 1.15. The summed E-state index contributed by atoms with van der Waals surface area (Å²) in [5, 5.41) is 0. The monoisotopic (exact) mass is 192 g/mol. The van der Waals surface area contributed by atoms with Gasteiger partial charge in [0, 0.05) is 0 Å². The second-order valence-electron chi connectivity index (χ2n) is 2.24. The zero-order valence-corrected chi connectivity index (χ0v) is 7.11. The Labute approximate surface area is 74.7 Å². The van der Waals surface area contributed by atoms with Crippen LogP contribution in [0.3, 0.4) is 0 Å². The highest BCUT2D eigenvalue weighted by molar-refractivity contribution is 6.50. The van der Waals surface area contributed by atoms with Gasteiger partial charge in [-0.3, -0.25) is 0 Å². The van der Waals surface area contributed by atoms with Gasteiger partial charge in [0.1, 0.15) is 0 Å². The van der Waals surface area contributed by atoms with E-state index in [0.717, 1.165) is 6.42 Å². The van der Waals surface area contributed by atoms with Crippen LogP contribution in [0.4, 0.5) is 17.3 Å². The number of halogens is 4. The van der Waals surface area contributed by atoms with E-state index >= 15 is 0 Å². The highest BCUT2D eigenvalue weighted by Gasteiger charge is 2.20. The summed E-state index contributed by atoms with van der Waals surface area (Å²) in [5.41, 5.74) is 1.28. The van der Waals surface area contributed by atoms with Crippen LogP contribution in [0, 0.1) is 6.07 Å². The van der Waals surface area contributed by atoms with E-state index in [-0.39, 0.29) is 0 Å². The molecule has 0 atom stereocenters. The quantitative estimate of drug-likeness (QED) is 0.472. The van der Waals surface area contributed by atoms with E-state index in [9.17, 15) is 17.3 Å². The predicted molar refractivity (Wildman–Crippen MR) is 44.8 cm³/mol. The second-order valence-corrected chi connectivity index (χ2v) is 2.24. The number of hydrogen-bond donors (Lipinski definition) is 0. The van der Waals surface area contributed by atoms with Gasteiger partial charge in [-0.15, -0.1) is 0 Å². The lowest BCUT2D eigenvalue weighted by atomic mass is 10.2. The predicted octanol–water partition coefficient (Wildman–Crippen LogP) is 3.35. The highest BCUT2D eigenvalue weighted by atomic mass is 19.5. The number of aryl methyl sites for hydroxylation is 1. The summed E-state index contributed by atoms with van der Waals surface area (Å²) >= 11 is 0. The van der Waals surface area contributed by atoms with E-state index in [4.69, 9.17) is 0 Å². The fourth-order valence-corrected chi connectivity index (χ4v) is 0.650. The Morgan fingerprint density at radius 1 is 1.23 bits per heavy atom. The van der Waals surface area contributed by atoms with Crippen LogP contribution >= 0.6 is 0 Å². The first-order valence-electron chi connectivity index (χ1n) is 3.76. The van der Waals surface area contributed by atoms with Gasteiger partial charge in [-0.1, -0.05) is 31.2 Å². The number of benzene rings is 1. The first-order valence-corrected chi connectivity index (χ1v) is 3.76. The third-order valence-electron chi connectivity index (χ3n) is 1.15. The maximum atomic E-state index is 9.75. The second kappa shape index (κ2) is 5.62. The summed E-state index contributed by atoms with van der Waals surface area (Å²) in [4.78, 5) is 0. The average molecular weight is 192 g/mol. The van der Waals surface area contributed by atoms with Crippen LogP contribution in [0.25, 0.3) is 0 Å². The van der Waals surface area contributed by atoms with Gasteiger partial charge in [0.05, 0.1) is 0 Å².